The molecule has 0 spiro atoms. The molecule has 0 radical (unpaired) electrons. The molecule has 2 heterocycles. The Kier molecular flexibility index (Phi) is 6.78. The first-order chi connectivity index (χ1) is 13.7. The number of nitrogens with one attached hydrogen (secondary N) is 1. The summed E-state index contributed by atoms with van der Waals surface area (Å²) in [7, 11) is 0. The van der Waals surface area contributed by atoms with Gasteiger partial charge < -0.3 is 14.8 Å². The number of hydrogen-bond acceptors (Lipinski definition) is 3. The zero-order valence-electron chi connectivity index (χ0n) is 16.5. The molecule has 146 valence electrons. The van der Waals surface area contributed by atoms with Gasteiger partial charge in [-0.1, -0.05) is 37.3 Å². The summed E-state index contributed by atoms with van der Waals surface area (Å²) in [5.74, 6) is 0.860. The Hall–Kier alpha value is -3.15. The van der Waals surface area contributed by atoms with Crippen molar-refractivity contribution in [1.82, 2.24) is 24.8 Å². The van der Waals surface area contributed by atoms with Crippen LogP contribution in [-0.2, 0) is 19.6 Å². The smallest absolute Gasteiger partial charge is 0.318 e. The van der Waals surface area contributed by atoms with E-state index in [1.807, 2.05) is 37.4 Å². The number of amides is 2. The molecule has 0 aliphatic heterocycles. The number of carbonyl (C=O) groups is 1. The molecular weight excluding hydrogens is 350 g/mol. The van der Waals surface area contributed by atoms with Crippen molar-refractivity contribution in [3.8, 4) is 0 Å². The summed E-state index contributed by atoms with van der Waals surface area (Å²) in [5, 5.41) is 2.97. The fourth-order valence-electron chi connectivity index (χ4n) is 3.03. The fraction of sp³-hybridized carbons (Fsp3) is 0.318. The molecule has 2 amide bonds. The van der Waals surface area contributed by atoms with Crippen LogP contribution in [0.2, 0.25) is 0 Å². The highest BCUT2D eigenvalue weighted by atomic mass is 16.2. The Bertz CT molecular complexity index is 891. The molecule has 3 aromatic rings. The zero-order chi connectivity index (χ0) is 19.8. The quantitative estimate of drug-likeness (QED) is 0.650. The molecule has 6 nitrogen and oxygen atoms in total. The van der Waals surface area contributed by atoms with Crippen molar-refractivity contribution in [3.63, 3.8) is 0 Å². The third kappa shape index (κ3) is 5.19. The van der Waals surface area contributed by atoms with Crippen LogP contribution in [-0.4, -0.2) is 32.0 Å². The van der Waals surface area contributed by atoms with Gasteiger partial charge in [0.2, 0.25) is 0 Å². The summed E-state index contributed by atoms with van der Waals surface area (Å²) < 4.78 is 2.10. The van der Waals surface area contributed by atoms with Crippen LogP contribution in [0.4, 0.5) is 4.79 Å². The van der Waals surface area contributed by atoms with Gasteiger partial charge in [-0.15, -0.1) is 0 Å². The maximum Gasteiger partial charge on any atom is 0.318 e. The molecule has 2 aromatic heterocycles. The van der Waals surface area contributed by atoms with E-state index in [0.717, 1.165) is 24.4 Å². The van der Waals surface area contributed by atoms with E-state index in [4.69, 9.17) is 0 Å². The summed E-state index contributed by atoms with van der Waals surface area (Å²) in [4.78, 5) is 23.2. The van der Waals surface area contributed by atoms with Gasteiger partial charge in [0.25, 0.3) is 0 Å². The molecule has 1 aromatic carbocycles. The molecule has 28 heavy (non-hydrogen) atoms. The van der Waals surface area contributed by atoms with E-state index < -0.39 is 0 Å². The van der Waals surface area contributed by atoms with Crippen LogP contribution in [0.5, 0.6) is 0 Å². The molecule has 0 atom stereocenters. The first-order valence-corrected chi connectivity index (χ1v) is 9.63. The largest absolute Gasteiger partial charge is 0.338 e. The lowest BCUT2D eigenvalue weighted by atomic mass is 10.1. The van der Waals surface area contributed by atoms with E-state index in [-0.39, 0.29) is 6.03 Å². The molecule has 3 rings (SSSR count). The predicted octanol–water partition coefficient (Wildman–Crippen LogP) is 3.76. The van der Waals surface area contributed by atoms with Crippen LogP contribution in [0.15, 0.2) is 61.2 Å². The van der Waals surface area contributed by atoms with Crippen LogP contribution in [0.25, 0.3) is 0 Å². The van der Waals surface area contributed by atoms with Crippen LogP contribution in [0, 0.1) is 6.92 Å². The monoisotopic (exact) mass is 377 g/mol. The van der Waals surface area contributed by atoms with E-state index in [0.29, 0.717) is 19.6 Å². The number of benzene rings is 1. The number of rotatable bonds is 8. The Morgan fingerprint density at radius 2 is 2.00 bits per heavy atom. The number of urea groups is 1. The average Bonchev–Trinajstić information content (AvgIpc) is 3.15. The molecule has 0 saturated carbocycles. The fourth-order valence-corrected chi connectivity index (χ4v) is 3.03. The van der Waals surface area contributed by atoms with Crippen LogP contribution in [0.1, 0.15) is 35.9 Å². The molecule has 0 saturated heterocycles. The summed E-state index contributed by atoms with van der Waals surface area (Å²) >= 11 is 0. The first kappa shape index (κ1) is 19.6. The minimum absolute atomic E-state index is 0.0869. The van der Waals surface area contributed by atoms with E-state index in [9.17, 15) is 4.79 Å². The molecule has 0 unspecified atom stereocenters. The maximum atomic E-state index is 12.7. The van der Waals surface area contributed by atoms with Gasteiger partial charge in [-0.2, -0.15) is 0 Å². The Morgan fingerprint density at radius 3 is 2.75 bits per heavy atom. The van der Waals surface area contributed by atoms with Gasteiger partial charge in [0.1, 0.15) is 5.82 Å². The highest BCUT2D eigenvalue weighted by molar-refractivity contribution is 5.74. The van der Waals surface area contributed by atoms with Crippen molar-refractivity contribution >= 4 is 6.03 Å². The van der Waals surface area contributed by atoms with Gasteiger partial charge in [-0.05, 0) is 36.1 Å². The number of hydrogen-bond donors (Lipinski definition) is 1. The highest BCUT2D eigenvalue weighted by Crippen LogP contribution is 2.13. The number of aromatic nitrogens is 3. The lowest BCUT2D eigenvalue weighted by Gasteiger charge is -2.23. The van der Waals surface area contributed by atoms with Gasteiger partial charge >= 0.3 is 6.03 Å². The van der Waals surface area contributed by atoms with Gasteiger partial charge in [0.05, 0.1) is 6.54 Å². The summed E-state index contributed by atoms with van der Waals surface area (Å²) in [6.07, 6.45) is 8.18. The molecule has 0 aliphatic carbocycles. The third-order valence-electron chi connectivity index (χ3n) is 4.65. The van der Waals surface area contributed by atoms with E-state index in [2.05, 4.69) is 38.9 Å². The molecular formula is C22H27N5O. The molecule has 1 N–H and O–H groups in total. The molecule has 0 aliphatic rings. The standard InChI is InChI=1S/C22H27N5O/c1-3-10-25-22(28)27(15-19-8-6-11-23-14-19)17-21-24-12-13-26(21)16-20-9-5-4-7-18(20)2/h4-9,11-14H,3,10,15-17H2,1-2H3,(H,25,28). The second-order valence-corrected chi connectivity index (χ2v) is 6.85. The van der Waals surface area contributed by atoms with Gasteiger partial charge in [0, 0.05) is 44.4 Å². The van der Waals surface area contributed by atoms with Crippen molar-refractivity contribution in [1.29, 1.82) is 0 Å². The van der Waals surface area contributed by atoms with E-state index in [1.54, 1.807) is 23.5 Å². The minimum atomic E-state index is -0.0869. The molecule has 0 bridgehead atoms. The van der Waals surface area contributed by atoms with Crippen molar-refractivity contribution in [2.45, 2.75) is 39.9 Å². The molecule has 0 fully saturated rings. The van der Waals surface area contributed by atoms with Crippen molar-refractivity contribution in [2.24, 2.45) is 0 Å². The number of carbonyl (C=O) groups excluding carboxylic acids is 1. The second-order valence-electron chi connectivity index (χ2n) is 6.85. The lowest BCUT2D eigenvalue weighted by molar-refractivity contribution is 0.190. The topological polar surface area (TPSA) is 63.1 Å². The molecule has 6 heteroatoms. The van der Waals surface area contributed by atoms with Crippen molar-refractivity contribution in [2.75, 3.05) is 6.54 Å². The maximum absolute atomic E-state index is 12.7. The summed E-state index contributed by atoms with van der Waals surface area (Å²) in [6.45, 7) is 6.46. The van der Waals surface area contributed by atoms with Gasteiger partial charge in [-0.3, -0.25) is 4.98 Å². The summed E-state index contributed by atoms with van der Waals surface area (Å²) in [5.41, 5.74) is 3.48. The highest BCUT2D eigenvalue weighted by Gasteiger charge is 2.17. The van der Waals surface area contributed by atoms with E-state index in [1.165, 1.54) is 11.1 Å². The van der Waals surface area contributed by atoms with Crippen LogP contribution < -0.4 is 5.32 Å². The van der Waals surface area contributed by atoms with E-state index >= 15 is 0 Å². The number of aryl methyl sites for hydroxylation is 1. The van der Waals surface area contributed by atoms with Crippen molar-refractivity contribution in [3.05, 3.63) is 83.7 Å². The number of nitrogens with zero attached hydrogens (tertiary/aromatic N) is 4. The average molecular weight is 377 g/mol. The minimum Gasteiger partial charge on any atom is -0.338 e. The van der Waals surface area contributed by atoms with Crippen LogP contribution in [0.3, 0.4) is 0 Å². The Balaban J connectivity index is 1.78. The third-order valence-corrected chi connectivity index (χ3v) is 4.65. The van der Waals surface area contributed by atoms with Crippen molar-refractivity contribution < 1.29 is 4.79 Å². The normalized spacial score (nSPS) is 10.6. The van der Waals surface area contributed by atoms with Crippen LogP contribution >= 0.6 is 0 Å². The van der Waals surface area contributed by atoms with Gasteiger partial charge in [-0.25, -0.2) is 9.78 Å². The predicted molar refractivity (Wildman–Crippen MR) is 110 cm³/mol. The Labute approximate surface area is 166 Å². The number of pyridine rings is 1. The number of imidazole rings is 1. The Morgan fingerprint density at radius 1 is 1.14 bits per heavy atom. The first-order valence-electron chi connectivity index (χ1n) is 9.63. The zero-order valence-corrected chi connectivity index (χ0v) is 16.5. The second kappa shape index (κ2) is 9.69. The lowest BCUT2D eigenvalue weighted by Crippen LogP contribution is -2.40. The summed E-state index contributed by atoms with van der Waals surface area (Å²) in [6, 6.07) is 12.1. The van der Waals surface area contributed by atoms with Gasteiger partial charge in [0.15, 0.2) is 0 Å². The SMILES string of the molecule is CCCNC(=O)N(Cc1cccnc1)Cc1nccn1Cc1ccccc1C.